The number of nitrogens with zero attached hydrogens (tertiary/aromatic N) is 1. The molecule has 5 nitrogen and oxygen atoms in total. The molecule has 1 aromatic heterocycles. The van der Waals surface area contributed by atoms with E-state index in [1.54, 1.807) is 18.2 Å². The monoisotopic (exact) mass is 274 g/mol. The van der Waals surface area contributed by atoms with Crippen LogP contribution in [0.5, 0.6) is 0 Å². The molecule has 0 radical (unpaired) electrons. The van der Waals surface area contributed by atoms with Crippen molar-refractivity contribution in [2.24, 2.45) is 0 Å². The number of anilines is 2. The number of halogens is 1. The molecule has 6 heteroatoms. The molecule has 1 aliphatic rings. The molecule has 1 aromatic carbocycles. The first-order valence-corrected chi connectivity index (χ1v) is 6.46. The summed E-state index contributed by atoms with van der Waals surface area (Å²) in [7, 11) is 0. The molecule has 2 atom stereocenters. The van der Waals surface area contributed by atoms with Crippen LogP contribution in [0.2, 0.25) is 0 Å². The van der Waals surface area contributed by atoms with Gasteiger partial charge in [0.25, 0.3) is 5.56 Å². The molecule has 0 spiro atoms. The van der Waals surface area contributed by atoms with Gasteiger partial charge in [-0.05, 0) is 17.5 Å². The van der Waals surface area contributed by atoms with Crippen molar-refractivity contribution in [2.45, 2.75) is 18.8 Å². The first kappa shape index (κ1) is 12.7. The number of aromatic nitrogens is 2. The average Bonchev–Trinajstić information content (AvgIpc) is 2.82. The fourth-order valence-corrected chi connectivity index (χ4v) is 2.73. The van der Waals surface area contributed by atoms with Gasteiger partial charge >= 0.3 is 0 Å². The predicted molar refractivity (Wildman–Crippen MR) is 75.3 cm³/mol. The van der Waals surface area contributed by atoms with E-state index in [-0.39, 0.29) is 29.2 Å². The molecule has 0 fully saturated rings. The number of hydrogen-bond acceptors (Lipinski definition) is 4. The van der Waals surface area contributed by atoms with Gasteiger partial charge in [-0.3, -0.25) is 9.78 Å². The maximum atomic E-state index is 13.9. The van der Waals surface area contributed by atoms with Crippen LogP contribution in [0.4, 0.5) is 16.0 Å². The third-order valence-electron chi connectivity index (χ3n) is 3.82. The fraction of sp³-hybridized carbons (Fsp3) is 0.286. The molecule has 3 rings (SSSR count). The Hall–Kier alpha value is -2.37. The summed E-state index contributed by atoms with van der Waals surface area (Å²) < 4.78 is 13.9. The molecule has 104 valence electrons. The number of fused-ring (bicyclic) bond motifs is 1. The van der Waals surface area contributed by atoms with E-state index in [0.29, 0.717) is 23.5 Å². The van der Waals surface area contributed by atoms with Gasteiger partial charge in [0, 0.05) is 12.5 Å². The fourth-order valence-electron chi connectivity index (χ4n) is 2.73. The summed E-state index contributed by atoms with van der Waals surface area (Å²) in [6.07, 6.45) is 0. The highest BCUT2D eigenvalue weighted by atomic mass is 19.1. The van der Waals surface area contributed by atoms with Gasteiger partial charge in [0.15, 0.2) is 0 Å². The van der Waals surface area contributed by atoms with Gasteiger partial charge in [0.05, 0.1) is 5.69 Å². The highest BCUT2D eigenvalue weighted by Gasteiger charge is 2.32. The molecule has 1 unspecified atom stereocenters. The molecule has 20 heavy (non-hydrogen) atoms. The molecule has 1 aliphatic heterocycles. The lowest BCUT2D eigenvalue weighted by Gasteiger charge is -2.19. The Bertz CT molecular complexity index is 713. The van der Waals surface area contributed by atoms with E-state index in [9.17, 15) is 9.18 Å². The van der Waals surface area contributed by atoms with Crippen LogP contribution in [0.3, 0.4) is 0 Å². The molecule has 0 aliphatic carbocycles. The Kier molecular flexibility index (Phi) is 2.93. The molecule has 2 heterocycles. The zero-order valence-corrected chi connectivity index (χ0v) is 11.0. The van der Waals surface area contributed by atoms with Crippen molar-refractivity contribution in [1.29, 1.82) is 0 Å². The van der Waals surface area contributed by atoms with Crippen LogP contribution < -0.4 is 16.6 Å². The molecular formula is C14H15FN4O. The van der Waals surface area contributed by atoms with Gasteiger partial charge in [-0.15, -0.1) is 0 Å². The van der Waals surface area contributed by atoms with Crippen LogP contribution in [0.15, 0.2) is 29.1 Å². The smallest absolute Gasteiger partial charge is 0.275 e. The summed E-state index contributed by atoms with van der Waals surface area (Å²) >= 11 is 0. The van der Waals surface area contributed by atoms with Gasteiger partial charge in [-0.2, -0.15) is 0 Å². The Balaban J connectivity index is 2.03. The second-order valence-corrected chi connectivity index (χ2v) is 5.01. The van der Waals surface area contributed by atoms with Crippen molar-refractivity contribution in [3.63, 3.8) is 0 Å². The highest BCUT2D eigenvalue weighted by Crippen LogP contribution is 2.38. The van der Waals surface area contributed by atoms with E-state index >= 15 is 0 Å². The normalized spacial score (nSPS) is 18.4. The van der Waals surface area contributed by atoms with Crippen molar-refractivity contribution in [1.82, 2.24) is 9.97 Å². The Labute approximate surface area is 115 Å². The second-order valence-electron chi connectivity index (χ2n) is 5.01. The van der Waals surface area contributed by atoms with E-state index in [1.807, 2.05) is 6.92 Å². The maximum absolute atomic E-state index is 13.9. The molecule has 0 saturated carbocycles. The molecule has 4 N–H and O–H groups in total. The summed E-state index contributed by atoms with van der Waals surface area (Å²) in [6.45, 7) is 2.48. The van der Waals surface area contributed by atoms with E-state index in [2.05, 4.69) is 15.3 Å². The van der Waals surface area contributed by atoms with Crippen LogP contribution in [0.1, 0.15) is 30.0 Å². The van der Waals surface area contributed by atoms with Crippen molar-refractivity contribution in [3.05, 3.63) is 51.7 Å². The number of benzene rings is 1. The zero-order chi connectivity index (χ0) is 14.3. The lowest BCUT2D eigenvalue weighted by atomic mass is 9.86. The first-order valence-electron chi connectivity index (χ1n) is 6.46. The summed E-state index contributed by atoms with van der Waals surface area (Å²) in [5.74, 6) is -0.334. The van der Waals surface area contributed by atoms with E-state index < -0.39 is 0 Å². The number of hydrogen-bond donors (Lipinski definition) is 3. The minimum Gasteiger partial charge on any atom is -0.378 e. The molecule has 2 aromatic rings. The summed E-state index contributed by atoms with van der Waals surface area (Å²) in [4.78, 5) is 18.5. The van der Waals surface area contributed by atoms with E-state index in [4.69, 9.17) is 5.73 Å². The molecule has 0 bridgehead atoms. The standard InChI is InChI=1S/C14H15FN4O/c1-7(8-4-2-3-5-10(8)15)9-6-17-12-11(9)18-14(16)19-13(12)20/h2-5,7,9,17H,6H2,1H3,(H3,16,18,19,20)/t7-,9?/m0/s1. The summed E-state index contributed by atoms with van der Waals surface area (Å²) in [5, 5.41) is 3.03. The molecule has 0 saturated heterocycles. The van der Waals surface area contributed by atoms with Gasteiger partial charge in [-0.25, -0.2) is 9.37 Å². The van der Waals surface area contributed by atoms with Crippen LogP contribution >= 0.6 is 0 Å². The van der Waals surface area contributed by atoms with Gasteiger partial charge in [0.1, 0.15) is 11.5 Å². The number of nitrogens with two attached hydrogens (primary N) is 1. The minimum atomic E-state index is -0.282. The average molecular weight is 274 g/mol. The number of nitrogen functional groups attached to an aromatic ring is 1. The Morgan fingerprint density at radius 3 is 2.95 bits per heavy atom. The number of aromatic amines is 1. The maximum Gasteiger partial charge on any atom is 0.275 e. The number of H-pyrrole nitrogens is 1. The van der Waals surface area contributed by atoms with Crippen molar-refractivity contribution >= 4 is 11.6 Å². The van der Waals surface area contributed by atoms with E-state index in [1.165, 1.54) is 6.07 Å². The minimum absolute atomic E-state index is 0.0773. The Morgan fingerprint density at radius 1 is 1.45 bits per heavy atom. The highest BCUT2D eigenvalue weighted by molar-refractivity contribution is 5.55. The van der Waals surface area contributed by atoms with Crippen molar-refractivity contribution in [3.8, 4) is 0 Å². The van der Waals surface area contributed by atoms with Gasteiger partial charge in [0.2, 0.25) is 5.95 Å². The second kappa shape index (κ2) is 4.63. The van der Waals surface area contributed by atoms with Crippen molar-refractivity contribution in [2.75, 3.05) is 17.6 Å². The van der Waals surface area contributed by atoms with Crippen LogP contribution in [0, 0.1) is 5.82 Å². The lowest BCUT2D eigenvalue weighted by molar-refractivity contribution is 0.547. The lowest BCUT2D eigenvalue weighted by Crippen LogP contribution is -2.15. The van der Waals surface area contributed by atoms with E-state index in [0.717, 1.165) is 0 Å². The van der Waals surface area contributed by atoms with Gasteiger partial charge < -0.3 is 11.1 Å². The number of rotatable bonds is 2. The topological polar surface area (TPSA) is 83.8 Å². The van der Waals surface area contributed by atoms with Crippen LogP contribution in [-0.2, 0) is 0 Å². The quantitative estimate of drug-likeness (QED) is 0.779. The summed E-state index contributed by atoms with van der Waals surface area (Å²) in [6, 6.07) is 6.66. The van der Waals surface area contributed by atoms with Gasteiger partial charge in [-0.1, -0.05) is 25.1 Å². The SMILES string of the molecule is C[C@@H](c1ccccc1F)C1CNc2c1nc(N)[nH]c2=O. The first-order chi connectivity index (χ1) is 9.58. The Morgan fingerprint density at radius 2 is 2.20 bits per heavy atom. The van der Waals surface area contributed by atoms with Crippen molar-refractivity contribution < 1.29 is 4.39 Å². The predicted octanol–water partition coefficient (Wildman–Crippen LogP) is 1.80. The summed E-state index contributed by atoms with van der Waals surface area (Å²) in [5.41, 5.74) is 6.98. The molecule has 0 amide bonds. The zero-order valence-electron chi connectivity index (χ0n) is 11.0. The third-order valence-corrected chi connectivity index (χ3v) is 3.82. The number of nitrogens with one attached hydrogen (secondary N) is 2. The largest absolute Gasteiger partial charge is 0.378 e. The molecular weight excluding hydrogens is 259 g/mol. The van der Waals surface area contributed by atoms with Crippen LogP contribution in [0.25, 0.3) is 0 Å². The third kappa shape index (κ3) is 1.93. The van der Waals surface area contributed by atoms with Crippen LogP contribution in [-0.4, -0.2) is 16.5 Å².